The van der Waals surface area contributed by atoms with E-state index in [1.807, 2.05) is 0 Å². The minimum atomic E-state index is -1.12. The average Bonchev–Trinajstić information content (AvgIpc) is 2.89. The number of ketones is 1. The highest BCUT2D eigenvalue weighted by molar-refractivity contribution is 6.11. The van der Waals surface area contributed by atoms with Gasteiger partial charge in [-0.15, -0.1) is 0 Å². The van der Waals surface area contributed by atoms with Gasteiger partial charge in [0.2, 0.25) is 11.9 Å². The number of carbonyl (C=O) groups is 2. The third-order valence-corrected chi connectivity index (χ3v) is 5.83. The van der Waals surface area contributed by atoms with E-state index in [0.29, 0.717) is 36.5 Å². The smallest absolute Gasteiger partial charge is 0.243 e. The van der Waals surface area contributed by atoms with Gasteiger partial charge >= 0.3 is 0 Å². The largest absolute Gasteiger partial charge is 0.494 e. The van der Waals surface area contributed by atoms with Crippen LogP contribution >= 0.6 is 0 Å². The normalized spacial score (nSPS) is 17.3. The summed E-state index contributed by atoms with van der Waals surface area (Å²) >= 11 is 0. The SMILES string of the molecule is C=CC(=O)NC1CCOCC1Nc1ncc2cc(C(=O)c3c(F)c(OC)cc(OC)c3F)ccc2n1. The number of benzene rings is 2. The summed E-state index contributed by atoms with van der Waals surface area (Å²) in [6.45, 7) is 4.32. The molecule has 1 fully saturated rings. The van der Waals surface area contributed by atoms with E-state index in [1.54, 1.807) is 6.07 Å². The quantitative estimate of drug-likeness (QED) is 0.360. The second-order valence-electron chi connectivity index (χ2n) is 8.01. The molecule has 36 heavy (non-hydrogen) atoms. The molecule has 1 aliphatic heterocycles. The molecule has 2 N–H and O–H groups in total. The van der Waals surface area contributed by atoms with Gasteiger partial charge in [-0.25, -0.2) is 18.7 Å². The van der Waals surface area contributed by atoms with Crippen LogP contribution in [0.3, 0.4) is 0 Å². The zero-order valence-corrected chi connectivity index (χ0v) is 19.6. The first-order valence-electron chi connectivity index (χ1n) is 11.0. The molecule has 2 atom stereocenters. The van der Waals surface area contributed by atoms with Crippen LogP contribution in [0.25, 0.3) is 10.9 Å². The zero-order chi connectivity index (χ0) is 25.8. The molecule has 3 aromatic rings. The van der Waals surface area contributed by atoms with Crippen molar-refractivity contribution >= 4 is 28.5 Å². The van der Waals surface area contributed by atoms with Crippen molar-refractivity contribution in [1.82, 2.24) is 15.3 Å². The number of rotatable bonds is 8. The number of halogens is 2. The Labute approximate surface area is 205 Å². The van der Waals surface area contributed by atoms with Crippen LogP contribution in [-0.2, 0) is 9.53 Å². The van der Waals surface area contributed by atoms with Crippen LogP contribution in [0, 0.1) is 11.6 Å². The lowest BCUT2D eigenvalue weighted by Crippen LogP contribution is -2.52. The number of amides is 1. The van der Waals surface area contributed by atoms with Crippen LogP contribution in [-0.4, -0.2) is 61.2 Å². The number of nitrogens with zero attached hydrogens (tertiary/aromatic N) is 2. The summed E-state index contributed by atoms with van der Waals surface area (Å²) in [5.74, 6) is -3.74. The number of fused-ring (bicyclic) bond motifs is 1. The second-order valence-corrected chi connectivity index (χ2v) is 8.01. The summed E-state index contributed by atoms with van der Waals surface area (Å²) in [6.07, 6.45) is 3.30. The first kappa shape index (κ1) is 25.0. The molecule has 9 nitrogen and oxygen atoms in total. The van der Waals surface area contributed by atoms with Crippen molar-refractivity contribution in [2.75, 3.05) is 32.8 Å². The fourth-order valence-corrected chi connectivity index (χ4v) is 3.93. The van der Waals surface area contributed by atoms with Gasteiger partial charge in [0, 0.05) is 29.8 Å². The monoisotopic (exact) mass is 498 g/mol. The van der Waals surface area contributed by atoms with Gasteiger partial charge in [0.25, 0.3) is 0 Å². The van der Waals surface area contributed by atoms with Crippen molar-refractivity contribution in [2.45, 2.75) is 18.5 Å². The lowest BCUT2D eigenvalue weighted by atomic mass is 10.00. The average molecular weight is 498 g/mol. The topological polar surface area (TPSA) is 112 Å². The predicted octanol–water partition coefficient (Wildman–Crippen LogP) is 3.03. The van der Waals surface area contributed by atoms with Crippen LogP contribution in [0.1, 0.15) is 22.3 Å². The minimum Gasteiger partial charge on any atom is -0.494 e. The third kappa shape index (κ3) is 4.96. The number of ether oxygens (including phenoxy) is 3. The van der Waals surface area contributed by atoms with Gasteiger partial charge < -0.3 is 24.8 Å². The maximum atomic E-state index is 14.8. The number of anilines is 1. The Morgan fingerprint density at radius 3 is 2.53 bits per heavy atom. The first-order valence-corrected chi connectivity index (χ1v) is 11.0. The van der Waals surface area contributed by atoms with E-state index < -0.39 is 23.0 Å². The molecule has 0 bridgehead atoms. The lowest BCUT2D eigenvalue weighted by molar-refractivity contribution is -0.117. The molecular formula is C25H24F2N4O5. The molecule has 0 radical (unpaired) electrons. The van der Waals surface area contributed by atoms with E-state index in [4.69, 9.17) is 14.2 Å². The Hall–Kier alpha value is -4.12. The molecule has 1 aromatic heterocycles. The van der Waals surface area contributed by atoms with Gasteiger partial charge in [0.1, 0.15) is 5.56 Å². The van der Waals surface area contributed by atoms with Crippen molar-refractivity contribution in [3.8, 4) is 11.5 Å². The van der Waals surface area contributed by atoms with Crippen molar-refractivity contribution < 1.29 is 32.6 Å². The van der Waals surface area contributed by atoms with Crippen LogP contribution < -0.4 is 20.1 Å². The molecule has 0 saturated carbocycles. The molecule has 11 heteroatoms. The minimum absolute atomic E-state index is 0.0350. The van der Waals surface area contributed by atoms with Gasteiger partial charge in [-0.1, -0.05) is 6.58 Å². The van der Waals surface area contributed by atoms with Gasteiger partial charge in [0.05, 0.1) is 38.4 Å². The Morgan fingerprint density at radius 1 is 1.14 bits per heavy atom. The summed E-state index contributed by atoms with van der Waals surface area (Å²) in [7, 11) is 2.41. The number of methoxy groups -OCH3 is 2. The molecule has 1 saturated heterocycles. The molecule has 1 aliphatic rings. The van der Waals surface area contributed by atoms with E-state index in [2.05, 4.69) is 27.2 Å². The fraction of sp³-hybridized carbons (Fsp3) is 0.280. The van der Waals surface area contributed by atoms with Crippen LogP contribution in [0.5, 0.6) is 11.5 Å². The zero-order valence-electron chi connectivity index (χ0n) is 19.6. The van der Waals surface area contributed by atoms with E-state index in [0.717, 1.165) is 6.07 Å². The molecular weight excluding hydrogens is 474 g/mol. The number of hydrogen-bond donors (Lipinski definition) is 2. The Bertz CT molecular complexity index is 1310. The number of aromatic nitrogens is 2. The highest BCUT2D eigenvalue weighted by Crippen LogP contribution is 2.33. The standard InChI is InChI=1S/C25H24F2N4O5/c1-4-20(32)29-16-7-8-36-12-17(16)31-25-28-11-14-9-13(5-6-15(14)30-25)24(33)21-22(26)18(34-2)10-19(35-3)23(21)27/h4-6,9-11,16-17H,1,7-8,12H2,2-3H3,(H,29,32)(H,28,30,31). The van der Waals surface area contributed by atoms with Crippen molar-refractivity contribution in [3.05, 3.63) is 65.9 Å². The van der Waals surface area contributed by atoms with Crippen molar-refractivity contribution in [3.63, 3.8) is 0 Å². The maximum Gasteiger partial charge on any atom is 0.243 e. The molecule has 2 heterocycles. The highest BCUT2D eigenvalue weighted by Gasteiger charge is 2.28. The predicted molar refractivity (Wildman–Crippen MR) is 127 cm³/mol. The molecule has 188 valence electrons. The van der Waals surface area contributed by atoms with E-state index >= 15 is 0 Å². The van der Waals surface area contributed by atoms with Crippen LogP contribution in [0.15, 0.2) is 43.1 Å². The number of nitrogens with one attached hydrogen (secondary N) is 2. The first-order chi connectivity index (χ1) is 17.4. The summed E-state index contributed by atoms with van der Waals surface area (Å²) in [5.41, 5.74) is -0.251. The molecule has 2 aromatic carbocycles. The Kier molecular flexibility index (Phi) is 7.39. The highest BCUT2D eigenvalue weighted by atomic mass is 19.1. The fourth-order valence-electron chi connectivity index (χ4n) is 3.93. The van der Waals surface area contributed by atoms with Gasteiger partial charge in [-0.05, 0) is 30.7 Å². The molecule has 2 unspecified atom stereocenters. The molecule has 4 rings (SSSR count). The molecule has 1 amide bonds. The van der Waals surface area contributed by atoms with Crippen LogP contribution in [0.2, 0.25) is 0 Å². The van der Waals surface area contributed by atoms with Crippen molar-refractivity contribution in [1.29, 1.82) is 0 Å². The van der Waals surface area contributed by atoms with E-state index in [-0.39, 0.29) is 35.1 Å². The maximum absolute atomic E-state index is 14.8. The second kappa shape index (κ2) is 10.6. The molecule has 0 spiro atoms. The van der Waals surface area contributed by atoms with E-state index in [9.17, 15) is 18.4 Å². The summed E-state index contributed by atoms with van der Waals surface area (Å²) in [5, 5.41) is 6.52. The van der Waals surface area contributed by atoms with Gasteiger partial charge in [-0.3, -0.25) is 9.59 Å². The van der Waals surface area contributed by atoms with Crippen LogP contribution in [0.4, 0.5) is 14.7 Å². The summed E-state index contributed by atoms with van der Waals surface area (Å²) < 4.78 is 44.9. The number of hydrogen-bond acceptors (Lipinski definition) is 8. The van der Waals surface area contributed by atoms with Crippen molar-refractivity contribution in [2.24, 2.45) is 0 Å². The van der Waals surface area contributed by atoms with E-state index in [1.165, 1.54) is 38.6 Å². The summed E-state index contributed by atoms with van der Waals surface area (Å²) in [6, 6.07) is 4.99. The van der Waals surface area contributed by atoms with Gasteiger partial charge in [-0.2, -0.15) is 0 Å². The summed E-state index contributed by atoms with van der Waals surface area (Å²) in [4.78, 5) is 33.5. The lowest BCUT2D eigenvalue weighted by Gasteiger charge is -2.32. The third-order valence-electron chi connectivity index (χ3n) is 5.83. The Balaban J connectivity index is 1.60. The molecule has 0 aliphatic carbocycles. The van der Waals surface area contributed by atoms with Gasteiger partial charge in [0.15, 0.2) is 28.9 Å². The number of carbonyl (C=O) groups excluding carboxylic acids is 2. The Morgan fingerprint density at radius 2 is 1.86 bits per heavy atom.